The number of hydrogen-bond donors (Lipinski definition) is 2. The molecule has 0 atom stereocenters. The van der Waals surface area contributed by atoms with E-state index in [-0.39, 0.29) is 12.1 Å². The summed E-state index contributed by atoms with van der Waals surface area (Å²) < 4.78 is 0. The molecule has 0 fully saturated rings. The third-order valence-corrected chi connectivity index (χ3v) is 3.86. The largest absolute Gasteiger partial charge is 0.394 e. The lowest BCUT2D eigenvalue weighted by Crippen LogP contribution is -2.41. The maximum Gasteiger partial charge on any atom is 0.155 e. The maximum absolute atomic E-state index is 9.52. The van der Waals surface area contributed by atoms with Crippen LogP contribution in [0.25, 0.3) is 0 Å². The van der Waals surface area contributed by atoms with Gasteiger partial charge < -0.3 is 10.4 Å². The highest BCUT2D eigenvalue weighted by molar-refractivity contribution is 6.30. The van der Waals surface area contributed by atoms with Crippen LogP contribution in [0.1, 0.15) is 37.8 Å². The van der Waals surface area contributed by atoms with Crippen LogP contribution in [0.4, 0.5) is 5.82 Å². The topological polar surface area (TPSA) is 58.0 Å². The molecule has 2 N–H and O–H groups in total. The molecule has 0 unspecified atom stereocenters. The first-order chi connectivity index (χ1) is 7.99. The highest BCUT2D eigenvalue weighted by atomic mass is 35.5. The number of rotatable bonds is 5. The molecule has 0 spiro atoms. The maximum atomic E-state index is 9.52. The van der Waals surface area contributed by atoms with Gasteiger partial charge in [0, 0.05) is 0 Å². The van der Waals surface area contributed by atoms with Gasteiger partial charge in [0.1, 0.15) is 0 Å². The molecule has 5 heteroatoms. The van der Waals surface area contributed by atoms with Crippen LogP contribution < -0.4 is 5.32 Å². The molecule has 0 saturated carbocycles. The third kappa shape index (κ3) is 2.87. The van der Waals surface area contributed by atoms with Gasteiger partial charge in [-0.05, 0) is 37.8 Å². The number of nitrogens with zero attached hydrogens (tertiary/aromatic N) is 2. The SMILES string of the molecule is CCC(CC)(CO)Nc1nnc(Cl)c(C)c1C. The molecule has 0 aromatic carbocycles. The molecule has 96 valence electrons. The molecule has 1 aromatic rings. The van der Waals surface area contributed by atoms with Crippen LogP contribution >= 0.6 is 11.6 Å². The average Bonchev–Trinajstić information content (AvgIpc) is 2.36. The number of aliphatic hydroxyl groups excluding tert-OH is 1. The van der Waals surface area contributed by atoms with Crippen molar-refractivity contribution in [2.75, 3.05) is 11.9 Å². The Kier molecular flexibility index (Phi) is 4.71. The number of anilines is 1. The first kappa shape index (κ1) is 14.2. The van der Waals surface area contributed by atoms with Crippen LogP contribution in [0.15, 0.2) is 0 Å². The van der Waals surface area contributed by atoms with Crippen LogP contribution in [0.2, 0.25) is 5.15 Å². The van der Waals surface area contributed by atoms with Gasteiger partial charge in [-0.2, -0.15) is 0 Å². The summed E-state index contributed by atoms with van der Waals surface area (Å²) in [5.74, 6) is 0.699. The van der Waals surface area contributed by atoms with Crippen molar-refractivity contribution in [1.82, 2.24) is 10.2 Å². The zero-order chi connectivity index (χ0) is 13.1. The van der Waals surface area contributed by atoms with Crippen molar-refractivity contribution < 1.29 is 5.11 Å². The van der Waals surface area contributed by atoms with E-state index in [1.165, 1.54) is 0 Å². The number of hydrogen-bond acceptors (Lipinski definition) is 4. The Morgan fingerprint density at radius 3 is 2.24 bits per heavy atom. The van der Waals surface area contributed by atoms with Gasteiger partial charge in [-0.3, -0.25) is 0 Å². The monoisotopic (exact) mass is 257 g/mol. The van der Waals surface area contributed by atoms with E-state index in [2.05, 4.69) is 15.5 Å². The second-order valence-electron chi connectivity index (χ2n) is 4.36. The summed E-state index contributed by atoms with van der Waals surface area (Å²) in [5, 5.41) is 21.2. The quantitative estimate of drug-likeness (QED) is 0.852. The standard InChI is InChI=1S/C12H20ClN3O/c1-5-12(6-2,7-17)14-11-9(4)8(3)10(13)15-16-11/h17H,5-7H2,1-4H3,(H,14,16). The van der Waals surface area contributed by atoms with Crippen molar-refractivity contribution in [2.24, 2.45) is 0 Å². The summed E-state index contributed by atoms with van der Waals surface area (Å²) in [7, 11) is 0. The van der Waals surface area contributed by atoms with E-state index in [9.17, 15) is 5.11 Å². The Labute approximate surface area is 107 Å². The highest BCUT2D eigenvalue weighted by Crippen LogP contribution is 2.26. The molecule has 0 amide bonds. The molecule has 17 heavy (non-hydrogen) atoms. The lowest BCUT2D eigenvalue weighted by molar-refractivity contribution is 0.202. The van der Waals surface area contributed by atoms with Crippen molar-refractivity contribution in [3.63, 3.8) is 0 Å². The van der Waals surface area contributed by atoms with Crippen molar-refractivity contribution >= 4 is 17.4 Å². The first-order valence-corrected chi connectivity index (χ1v) is 6.26. The van der Waals surface area contributed by atoms with Gasteiger partial charge in [-0.25, -0.2) is 0 Å². The normalized spacial score (nSPS) is 11.6. The van der Waals surface area contributed by atoms with Crippen LogP contribution in [0, 0.1) is 13.8 Å². The zero-order valence-electron chi connectivity index (χ0n) is 10.8. The lowest BCUT2D eigenvalue weighted by atomic mass is 9.93. The van der Waals surface area contributed by atoms with Gasteiger partial charge in [0.15, 0.2) is 11.0 Å². The van der Waals surface area contributed by atoms with E-state index in [1.807, 2.05) is 27.7 Å². The van der Waals surface area contributed by atoms with E-state index < -0.39 is 0 Å². The minimum Gasteiger partial charge on any atom is -0.394 e. The Morgan fingerprint density at radius 2 is 1.76 bits per heavy atom. The van der Waals surface area contributed by atoms with E-state index in [0.717, 1.165) is 24.0 Å². The number of nitrogens with one attached hydrogen (secondary N) is 1. The van der Waals surface area contributed by atoms with Gasteiger partial charge in [0.2, 0.25) is 0 Å². The Balaban J connectivity index is 3.06. The third-order valence-electron chi connectivity index (χ3n) is 3.50. The molecule has 1 rings (SSSR count). The average molecular weight is 258 g/mol. The van der Waals surface area contributed by atoms with Crippen molar-refractivity contribution in [3.8, 4) is 0 Å². The van der Waals surface area contributed by atoms with Crippen LogP contribution in [-0.2, 0) is 0 Å². The minimum absolute atomic E-state index is 0.0722. The number of halogens is 1. The molecule has 1 aromatic heterocycles. The van der Waals surface area contributed by atoms with E-state index in [0.29, 0.717) is 11.0 Å². The summed E-state index contributed by atoms with van der Waals surface area (Å²) in [6.45, 7) is 8.01. The van der Waals surface area contributed by atoms with Crippen molar-refractivity contribution in [3.05, 3.63) is 16.3 Å². The Hall–Kier alpha value is -0.870. The number of aromatic nitrogens is 2. The van der Waals surface area contributed by atoms with Crippen LogP contribution in [0.5, 0.6) is 0 Å². The van der Waals surface area contributed by atoms with Crippen LogP contribution in [-0.4, -0.2) is 27.4 Å². The van der Waals surface area contributed by atoms with E-state index >= 15 is 0 Å². The van der Waals surface area contributed by atoms with Crippen molar-refractivity contribution in [2.45, 2.75) is 46.1 Å². The fourth-order valence-electron chi connectivity index (χ4n) is 1.64. The van der Waals surface area contributed by atoms with Gasteiger partial charge >= 0.3 is 0 Å². The highest BCUT2D eigenvalue weighted by Gasteiger charge is 2.26. The smallest absolute Gasteiger partial charge is 0.155 e. The molecule has 0 aliphatic rings. The molecule has 0 aliphatic heterocycles. The summed E-state index contributed by atoms with van der Waals surface area (Å²) in [5.41, 5.74) is 1.56. The first-order valence-electron chi connectivity index (χ1n) is 5.88. The molecule has 0 radical (unpaired) electrons. The minimum atomic E-state index is -0.334. The second-order valence-corrected chi connectivity index (χ2v) is 4.72. The molecular formula is C12H20ClN3O. The van der Waals surface area contributed by atoms with Crippen molar-refractivity contribution in [1.29, 1.82) is 0 Å². The molecule has 0 saturated heterocycles. The Bertz CT molecular complexity index is 383. The fourth-order valence-corrected chi connectivity index (χ4v) is 1.82. The molecule has 0 bridgehead atoms. The van der Waals surface area contributed by atoms with Gasteiger partial charge in [-0.15, -0.1) is 10.2 Å². The predicted octanol–water partition coefficient (Wildman–Crippen LogP) is 2.71. The Morgan fingerprint density at radius 1 is 1.18 bits per heavy atom. The van der Waals surface area contributed by atoms with Gasteiger partial charge in [0.25, 0.3) is 0 Å². The van der Waals surface area contributed by atoms with Crippen LogP contribution in [0.3, 0.4) is 0 Å². The molecule has 0 aliphatic carbocycles. The summed E-state index contributed by atoms with van der Waals surface area (Å²) >= 11 is 5.91. The summed E-state index contributed by atoms with van der Waals surface area (Å²) in [4.78, 5) is 0. The molecule has 1 heterocycles. The predicted molar refractivity (Wildman–Crippen MR) is 70.5 cm³/mol. The summed E-state index contributed by atoms with van der Waals surface area (Å²) in [6.07, 6.45) is 1.64. The fraction of sp³-hybridized carbons (Fsp3) is 0.667. The molecule has 4 nitrogen and oxygen atoms in total. The molecular weight excluding hydrogens is 238 g/mol. The van der Waals surface area contributed by atoms with E-state index in [1.54, 1.807) is 0 Å². The number of aliphatic hydroxyl groups is 1. The lowest BCUT2D eigenvalue weighted by Gasteiger charge is -2.31. The van der Waals surface area contributed by atoms with Gasteiger partial charge in [-0.1, -0.05) is 25.4 Å². The van der Waals surface area contributed by atoms with Gasteiger partial charge in [0.05, 0.1) is 12.1 Å². The summed E-state index contributed by atoms with van der Waals surface area (Å²) in [6, 6.07) is 0. The zero-order valence-corrected chi connectivity index (χ0v) is 11.6. The van der Waals surface area contributed by atoms with E-state index in [4.69, 9.17) is 11.6 Å². The second kappa shape index (κ2) is 5.65.